The number of benzene rings is 1. The highest BCUT2D eigenvalue weighted by molar-refractivity contribution is 7.19. The lowest BCUT2D eigenvalue weighted by molar-refractivity contribution is -0.120. The maximum atomic E-state index is 13.1. The number of nitrogen functional groups attached to an aromatic ring is 1. The van der Waals surface area contributed by atoms with Gasteiger partial charge in [-0.15, -0.1) is 0 Å². The van der Waals surface area contributed by atoms with Crippen LogP contribution in [0.1, 0.15) is 35.8 Å². The Morgan fingerprint density at radius 3 is 2.76 bits per heavy atom. The topological polar surface area (TPSA) is 139 Å². The molecule has 0 aliphatic carbocycles. The predicted octanol–water partition coefficient (Wildman–Crippen LogP) is 2.65. The first-order chi connectivity index (χ1) is 16.4. The number of hydrogen-bond acceptors (Lipinski definition) is 8. The van der Waals surface area contributed by atoms with E-state index in [0.717, 1.165) is 42.7 Å². The number of aromatic nitrogens is 2. The molecule has 0 saturated carbocycles. The van der Waals surface area contributed by atoms with Gasteiger partial charge in [-0.3, -0.25) is 14.6 Å². The summed E-state index contributed by atoms with van der Waals surface area (Å²) in [5.41, 5.74) is 15.7. The Balaban J connectivity index is 1.49. The fourth-order valence-electron chi connectivity index (χ4n) is 4.00. The molecule has 2 aromatic heterocycles. The van der Waals surface area contributed by atoms with E-state index in [1.807, 2.05) is 37.3 Å². The van der Waals surface area contributed by atoms with Crippen LogP contribution in [0.3, 0.4) is 0 Å². The van der Waals surface area contributed by atoms with Crippen LogP contribution in [0, 0.1) is 0 Å². The molecule has 1 fully saturated rings. The molecule has 1 atom stereocenters. The number of likely N-dealkylation sites (N-methyl/N-ethyl adjacent to an activating group) is 1. The Morgan fingerprint density at radius 2 is 2.03 bits per heavy atom. The fourth-order valence-corrected chi connectivity index (χ4v) is 4.83. The average Bonchev–Trinajstić information content (AvgIpc) is 3.22. The molecule has 3 aromatic rings. The summed E-state index contributed by atoms with van der Waals surface area (Å²) in [5.74, 6) is -0.405. The number of hydrogen-bond donors (Lipinski definition) is 4. The molecule has 1 saturated heterocycles. The van der Waals surface area contributed by atoms with Gasteiger partial charge in [0.15, 0.2) is 5.69 Å². The number of rotatable bonds is 7. The number of nitrogens with two attached hydrogens (primary N) is 2. The number of carbonyl (C=O) groups is 2. The fraction of sp³-hybridized carbons (Fsp3) is 0.333. The molecule has 178 valence electrons. The third kappa shape index (κ3) is 5.52. The highest BCUT2D eigenvalue weighted by Crippen LogP contribution is 2.32. The molecule has 6 N–H and O–H groups in total. The van der Waals surface area contributed by atoms with Crippen LogP contribution in [0.4, 0.5) is 16.4 Å². The summed E-state index contributed by atoms with van der Waals surface area (Å²) in [7, 11) is 0. The van der Waals surface area contributed by atoms with Gasteiger partial charge in [0, 0.05) is 37.4 Å². The molecule has 0 unspecified atom stereocenters. The molecule has 1 aliphatic heterocycles. The summed E-state index contributed by atoms with van der Waals surface area (Å²) in [6.07, 6.45) is 5.65. The summed E-state index contributed by atoms with van der Waals surface area (Å²) in [5, 5.41) is 6.69. The molecule has 1 aliphatic rings. The second-order valence-corrected chi connectivity index (χ2v) is 9.29. The zero-order valence-corrected chi connectivity index (χ0v) is 19.9. The van der Waals surface area contributed by atoms with E-state index in [0.29, 0.717) is 28.7 Å². The smallest absolute Gasteiger partial charge is 0.277 e. The first kappa shape index (κ1) is 23.7. The number of anilines is 3. The zero-order valence-electron chi connectivity index (χ0n) is 19.1. The third-order valence-corrected chi connectivity index (χ3v) is 6.59. The molecule has 4 rings (SSSR count). The van der Waals surface area contributed by atoms with E-state index < -0.39 is 0 Å². The van der Waals surface area contributed by atoms with Crippen LogP contribution >= 0.6 is 11.3 Å². The third-order valence-electron chi connectivity index (χ3n) is 5.65. The lowest BCUT2D eigenvalue weighted by Gasteiger charge is -2.33. The SMILES string of the molecule is CCNC(=O)Cc1ccc(-c2nc(C(=O)Nc3cnccc3N3CCC[C@H](N)C3)c(N)s2)cc1. The van der Waals surface area contributed by atoms with Crippen molar-refractivity contribution in [3.05, 3.63) is 54.0 Å². The van der Waals surface area contributed by atoms with Gasteiger partial charge in [-0.1, -0.05) is 35.6 Å². The molecule has 34 heavy (non-hydrogen) atoms. The summed E-state index contributed by atoms with van der Waals surface area (Å²) in [4.78, 5) is 35.7. The van der Waals surface area contributed by atoms with Crippen molar-refractivity contribution < 1.29 is 9.59 Å². The number of nitrogens with one attached hydrogen (secondary N) is 2. The summed E-state index contributed by atoms with van der Waals surface area (Å²) in [6.45, 7) is 4.09. The largest absolute Gasteiger partial charge is 0.389 e. The molecule has 3 heterocycles. The molecule has 9 nitrogen and oxygen atoms in total. The number of carbonyl (C=O) groups excluding carboxylic acids is 2. The van der Waals surface area contributed by atoms with Crippen LogP contribution in [-0.2, 0) is 11.2 Å². The first-order valence-electron chi connectivity index (χ1n) is 11.3. The maximum absolute atomic E-state index is 13.1. The molecule has 2 amide bonds. The molecule has 1 aromatic carbocycles. The van der Waals surface area contributed by atoms with Gasteiger partial charge in [0.2, 0.25) is 5.91 Å². The zero-order chi connectivity index (χ0) is 24.1. The predicted molar refractivity (Wildman–Crippen MR) is 136 cm³/mol. The second kappa shape index (κ2) is 10.6. The maximum Gasteiger partial charge on any atom is 0.277 e. The van der Waals surface area contributed by atoms with Crippen molar-refractivity contribution in [2.75, 3.05) is 35.6 Å². The Kier molecular flexibility index (Phi) is 7.39. The van der Waals surface area contributed by atoms with E-state index in [9.17, 15) is 9.59 Å². The Bertz CT molecular complexity index is 1160. The monoisotopic (exact) mass is 479 g/mol. The quantitative estimate of drug-likeness (QED) is 0.408. The van der Waals surface area contributed by atoms with Gasteiger partial charge in [0.25, 0.3) is 5.91 Å². The standard InChI is InChI=1S/C24H29N7O2S/c1-2-28-20(32)12-15-5-7-16(8-6-15)24-30-21(22(26)34-24)23(33)29-18-13-27-10-9-19(18)31-11-3-4-17(25)14-31/h5-10,13,17H,2-4,11-12,14,25-26H2,1H3,(H,28,32)(H,29,33)/t17-/m0/s1. The van der Waals surface area contributed by atoms with E-state index >= 15 is 0 Å². The molecule has 0 radical (unpaired) electrons. The van der Waals surface area contributed by atoms with Crippen molar-refractivity contribution in [1.29, 1.82) is 0 Å². The van der Waals surface area contributed by atoms with E-state index in [1.165, 1.54) is 11.3 Å². The minimum Gasteiger partial charge on any atom is -0.389 e. The van der Waals surface area contributed by atoms with Crippen LogP contribution in [0.2, 0.25) is 0 Å². The molecule has 0 spiro atoms. The van der Waals surface area contributed by atoms with E-state index in [1.54, 1.807) is 12.4 Å². The van der Waals surface area contributed by atoms with Crippen molar-refractivity contribution in [3.8, 4) is 10.6 Å². The highest BCUT2D eigenvalue weighted by atomic mass is 32.1. The van der Waals surface area contributed by atoms with Crippen molar-refractivity contribution in [1.82, 2.24) is 15.3 Å². The Hall–Kier alpha value is -3.50. The Labute approximate surface area is 202 Å². The van der Waals surface area contributed by atoms with Crippen LogP contribution in [0.15, 0.2) is 42.7 Å². The van der Waals surface area contributed by atoms with Gasteiger partial charge in [-0.2, -0.15) is 0 Å². The summed E-state index contributed by atoms with van der Waals surface area (Å²) < 4.78 is 0. The lowest BCUT2D eigenvalue weighted by atomic mass is 10.1. The summed E-state index contributed by atoms with van der Waals surface area (Å²) in [6, 6.07) is 9.52. The average molecular weight is 480 g/mol. The molecule has 10 heteroatoms. The number of pyridine rings is 1. The second-order valence-electron chi connectivity index (χ2n) is 8.25. The van der Waals surface area contributed by atoms with Crippen molar-refractivity contribution in [3.63, 3.8) is 0 Å². The number of nitrogens with zero attached hydrogens (tertiary/aromatic N) is 3. The van der Waals surface area contributed by atoms with Crippen LogP contribution < -0.4 is 27.0 Å². The Morgan fingerprint density at radius 1 is 1.24 bits per heavy atom. The van der Waals surface area contributed by atoms with Gasteiger partial charge in [0.05, 0.1) is 24.0 Å². The van der Waals surface area contributed by atoms with E-state index in [-0.39, 0.29) is 23.6 Å². The lowest BCUT2D eigenvalue weighted by Crippen LogP contribution is -2.43. The molecular weight excluding hydrogens is 450 g/mol. The van der Waals surface area contributed by atoms with Crippen LogP contribution in [0.25, 0.3) is 10.6 Å². The number of amides is 2. The van der Waals surface area contributed by atoms with Gasteiger partial charge < -0.3 is 27.0 Å². The highest BCUT2D eigenvalue weighted by Gasteiger charge is 2.22. The first-order valence-corrected chi connectivity index (χ1v) is 12.1. The summed E-state index contributed by atoms with van der Waals surface area (Å²) >= 11 is 1.25. The van der Waals surface area contributed by atoms with Crippen LogP contribution in [0.5, 0.6) is 0 Å². The van der Waals surface area contributed by atoms with Crippen molar-refractivity contribution in [2.24, 2.45) is 5.73 Å². The number of thiazole rings is 1. The normalized spacial score (nSPS) is 15.7. The molecular formula is C24H29N7O2S. The van der Waals surface area contributed by atoms with Gasteiger partial charge in [-0.05, 0) is 31.4 Å². The van der Waals surface area contributed by atoms with E-state index in [2.05, 4.69) is 25.5 Å². The van der Waals surface area contributed by atoms with Gasteiger partial charge in [0.1, 0.15) is 10.0 Å². The van der Waals surface area contributed by atoms with Gasteiger partial charge in [-0.25, -0.2) is 4.98 Å². The van der Waals surface area contributed by atoms with Crippen LogP contribution in [-0.4, -0.2) is 47.5 Å². The van der Waals surface area contributed by atoms with E-state index in [4.69, 9.17) is 11.5 Å². The number of piperidine rings is 1. The van der Waals surface area contributed by atoms with Crippen molar-refractivity contribution >= 4 is 39.5 Å². The minimum atomic E-state index is -0.386. The minimum absolute atomic E-state index is 0.0194. The van der Waals surface area contributed by atoms with Crippen molar-refractivity contribution in [2.45, 2.75) is 32.2 Å². The molecule has 0 bridgehead atoms. The van der Waals surface area contributed by atoms with Gasteiger partial charge >= 0.3 is 0 Å².